The minimum atomic E-state index is -0.701. The molecule has 0 fully saturated rings. The maximum atomic E-state index is 12.3. The number of aromatic nitrogens is 2. The molecule has 0 radical (unpaired) electrons. The zero-order valence-corrected chi connectivity index (χ0v) is 12.8. The predicted octanol–water partition coefficient (Wildman–Crippen LogP) is 3.02. The third-order valence-electron chi connectivity index (χ3n) is 3.68. The van der Waals surface area contributed by atoms with Crippen molar-refractivity contribution in [2.24, 2.45) is 5.73 Å². The first-order chi connectivity index (χ1) is 11.1. The average Bonchev–Trinajstić information content (AvgIpc) is 3.10. The smallest absolute Gasteiger partial charge is 0.245 e. The molecule has 23 heavy (non-hydrogen) atoms. The number of anilines is 1. The Morgan fingerprint density at radius 3 is 2.65 bits per heavy atom. The van der Waals surface area contributed by atoms with Crippen LogP contribution in [0.3, 0.4) is 0 Å². The highest BCUT2D eigenvalue weighted by Crippen LogP contribution is 2.22. The highest BCUT2D eigenvalue weighted by molar-refractivity contribution is 5.95. The average molecular weight is 306 g/mol. The summed E-state index contributed by atoms with van der Waals surface area (Å²) in [5.74, 6) is -0.238. The zero-order chi connectivity index (χ0) is 16.2. The lowest BCUT2D eigenvalue weighted by Crippen LogP contribution is -2.27. The van der Waals surface area contributed by atoms with Gasteiger partial charge < -0.3 is 11.1 Å². The number of carbonyl (C=O) groups excluding carboxylic acids is 1. The summed E-state index contributed by atoms with van der Waals surface area (Å²) >= 11 is 0. The fraction of sp³-hybridized carbons (Fsp3) is 0.111. The van der Waals surface area contributed by atoms with Crippen LogP contribution < -0.4 is 11.1 Å². The number of nitrogens with one attached hydrogen (secondary N) is 2. The summed E-state index contributed by atoms with van der Waals surface area (Å²) in [6.07, 6.45) is 3.54. The first-order valence-electron chi connectivity index (χ1n) is 7.36. The Kier molecular flexibility index (Phi) is 4.21. The molecule has 0 saturated carbocycles. The Labute approximate surface area is 134 Å². The maximum Gasteiger partial charge on any atom is 0.245 e. The van der Waals surface area contributed by atoms with Crippen molar-refractivity contribution in [1.29, 1.82) is 0 Å². The van der Waals surface area contributed by atoms with Crippen LogP contribution in [-0.4, -0.2) is 16.1 Å². The molecule has 1 unspecified atom stereocenters. The Morgan fingerprint density at radius 1 is 1.17 bits per heavy atom. The van der Waals surface area contributed by atoms with Gasteiger partial charge in [-0.05, 0) is 30.2 Å². The Balaban J connectivity index is 1.75. The number of rotatable bonds is 4. The van der Waals surface area contributed by atoms with Crippen LogP contribution in [0.1, 0.15) is 17.2 Å². The van der Waals surface area contributed by atoms with Gasteiger partial charge in [-0.3, -0.25) is 9.89 Å². The molecular formula is C18H18N4O. The predicted molar refractivity (Wildman–Crippen MR) is 90.8 cm³/mol. The molecule has 0 saturated heterocycles. The molecular weight excluding hydrogens is 288 g/mol. The summed E-state index contributed by atoms with van der Waals surface area (Å²) in [7, 11) is 0. The van der Waals surface area contributed by atoms with Crippen LogP contribution in [-0.2, 0) is 4.79 Å². The third kappa shape index (κ3) is 3.46. The van der Waals surface area contributed by atoms with Gasteiger partial charge in [0.05, 0.1) is 6.20 Å². The van der Waals surface area contributed by atoms with Crippen molar-refractivity contribution in [3.63, 3.8) is 0 Å². The second-order valence-corrected chi connectivity index (χ2v) is 5.45. The minimum absolute atomic E-state index is 0.238. The Morgan fingerprint density at radius 2 is 1.96 bits per heavy atom. The molecule has 1 aromatic heterocycles. The molecule has 0 aliphatic rings. The molecule has 3 rings (SSSR count). The molecule has 0 bridgehead atoms. The number of hydrogen-bond acceptors (Lipinski definition) is 3. The van der Waals surface area contributed by atoms with Crippen LogP contribution in [0.15, 0.2) is 60.9 Å². The van der Waals surface area contributed by atoms with Crippen molar-refractivity contribution >= 4 is 11.6 Å². The summed E-state index contributed by atoms with van der Waals surface area (Å²) < 4.78 is 0. The number of nitrogens with zero attached hydrogens (tertiary/aromatic N) is 1. The largest absolute Gasteiger partial charge is 0.324 e. The SMILES string of the molecule is Cc1ccc(C(N)C(=O)Nc2cccc(-c3cn[nH]c3)c2)cc1. The fourth-order valence-corrected chi connectivity index (χ4v) is 2.33. The van der Waals surface area contributed by atoms with Crippen LogP contribution >= 0.6 is 0 Å². The third-order valence-corrected chi connectivity index (χ3v) is 3.68. The summed E-state index contributed by atoms with van der Waals surface area (Å²) in [4.78, 5) is 12.3. The van der Waals surface area contributed by atoms with E-state index in [1.54, 1.807) is 12.4 Å². The van der Waals surface area contributed by atoms with E-state index in [1.165, 1.54) is 0 Å². The highest BCUT2D eigenvalue weighted by atomic mass is 16.2. The zero-order valence-electron chi connectivity index (χ0n) is 12.8. The van der Waals surface area contributed by atoms with Gasteiger partial charge in [-0.1, -0.05) is 42.0 Å². The van der Waals surface area contributed by atoms with Gasteiger partial charge in [0.1, 0.15) is 6.04 Å². The topological polar surface area (TPSA) is 83.8 Å². The molecule has 1 heterocycles. The Hall–Kier alpha value is -2.92. The van der Waals surface area contributed by atoms with E-state index in [4.69, 9.17) is 5.73 Å². The van der Waals surface area contributed by atoms with Gasteiger partial charge in [-0.2, -0.15) is 5.10 Å². The van der Waals surface area contributed by atoms with Crippen LogP contribution in [0.2, 0.25) is 0 Å². The van der Waals surface area contributed by atoms with Gasteiger partial charge in [0.2, 0.25) is 5.91 Å². The molecule has 5 nitrogen and oxygen atoms in total. The lowest BCUT2D eigenvalue weighted by molar-refractivity contribution is -0.117. The lowest BCUT2D eigenvalue weighted by atomic mass is 10.0. The van der Waals surface area contributed by atoms with Gasteiger partial charge in [0.25, 0.3) is 0 Å². The number of nitrogens with two attached hydrogens (primary N) is 1. The number of aromatic amines is 1. The molecule has 0 aliphatic heterocycles. The molecule has 0 aliphatic carbocycles. The van der Waals surface area contributed by atoms with E-state index in [9.17, 15) is 4.79 Å². The van der Waals surface area contributed by atoms with Crippen molar-refractivity contribution in [3.8, 4) is 11.1 Å². The monoisotopic (exact) mass is 306 g/mol. The summed E-state index contributed by atoms with van der Waals surface area (Å²) in [6, 6.07) is 14.5. The first kappa shape index (κ1) is 15.0. The van der Waals surface area contributed by atoms with Gasteiger partial charge in [0.15, 0.2) is 0 Å². The van der Waals surface area contributed by atoms with Crippen LogP contribution in [0.5, 0.6) is 0 Å². The summed E-state index contributed by atoms with van der Waals surface area (Å²) in [5, 5.41) is 9.57. The quantitative estimate of drug-likeness (QED) is 0.692. The number of benzene rings is 2. The first-order valence-corrected chi connectivity index (χ1v) is 7.36. The van der Waals surface area contributed by atoms with E-state index < -0.39 is 6.04 Å². The van der Waals surface area contributed by atoms with Crippen LogP contribution in [0, 0.1) is 6.92 Å². The minimum Gasteiger partial charge on any atom is -0.324 e. The van der Waals surface area contributed by atoms with Crippen LogP contribution in [0.4, 0.5) is 5.69 Å². The lowest BCUT2D eigenvalue weighted by Gasteiger charge is -2.13. The fourth-order valence-electron chi connectivity index (χ4n) is 2.33. The molecule has 4 N–H and O–H groups in total. The molecule has 3 aromatic rings. The van der Waals surface area contributed by atoms with E-state index in [0.29, 0.717) is 5.69 Å². The molecule has 2 aromatic carbocycles. The molecule has 1 amide bonds. The van der Waals surface area contributed by atoms with E-state index >= 15 is 0 Å². The van der Waals surface area contributed by atoms with Gasteiger partial charge >= 0.3 is 0 Å². The highest BCUT2D eigenvalue weighted by Gasteiger charge is 2.16. The van der Waals surface area contributed by atoms with Crippen molar-refractivity contribution in [2.45, 2.75) is 13.0 Å². The van der Waals surface area contributed by atoms with Gasteiger partial charge in [-0.15, -0.1) is 0 Å². The van der Waals surface area contributed by atoms with E-state index in [1.807, 2.05) is 55.5 Å². The summed E-state index contributed by atoms with van der Waals surface area (Å²) in [5.41, 5.74) is 10.6. The second kappa shape index (κ2) is 6.46. The van der Waals surface area contributed by atoms with Crippen molar-refractivity contribution < 1.29 is 4.79 Å². The van der Waals surface area contributed by atoms with Crippen molar-refractivity contribution in [2.75, 3.05) is 5.32 Å². The van der Waals surface area contributed by atoms with Crippen LogP contribution in [0.25, 0.3) is 11.1 Å². The van der Waals surface area contributed by atoms with E-state index in [0.717, 1.165) is 22.3 Å². The van der Waals surface area contributed by atoms with Gasteiger partial charge in [-0.25, -0.2) is 0 Å². The normalized spacial score (nSPS) is 11.9. The van der Waals surface area contributed by atoms with Crippen molar-refractivity contribution in [1.82, 2.24) is 10.2 Å². The molecule has 116 valence electrons. The maximum absolute atomic E-state index is 12.3. The number of carbonyl (C=O) groups is 1. The summed E-state index contributed by atoms with van der Waals surface area (Å²) in [6.45, 7) is 2.00. The Bertz CT molecular complexity index is 794. The number of H-pyrrole nitrogens is 1. The molecule has 5 heteroatoms. The number of amides is 1. The standard InChI is InChI=1S/C18H18N4O/c1-12-5-7-13(8-6-12)17(19)18(23)22-16-4-2-3-14(9-16)15-10-20-21-11-15/h2-11,17H,19H2,1H3,(H,20,21)(H,22,23). The van der Waals surface area contributed by atoms with E-state index in [2.05, 4.69) is 15.5 Å². The van der Waals surface area contributed by atoms with Crippen molar-refractivity contribution in [3.05, 3.63) is 72.1 Å². The molecule has 1 atom stereocenters. The number of hydrogen-bond donors (Lipinski definition) is 3. The van der Waals surface area contributed by atoms with Gasteiger partial charge in [0, 0.05) is 17.4 Å². The number of aryl methyl sites for hydroxylation is 1. The molecule has 0 spiro atoms. The van der Waals surface area contributed by atoms with E-state index in [-0.39, 0.29) is 5.91 Å². The second-order valence-electron chi connectivity index (χ2n) is 5.45.